The third-order valence-electron chi connectivity index (χ3n) is 7.84. The molecule has 7 atom stereocenters. The van der Waals surface area contributed by atoms with E-state index in [1.807, 2.05) is 12.1 Å². The first kappa shape index (κ1) is 21.0. The Morgan fingerprint density at radius 2 is 1.79 bits per heavy atom. The summed E-state index contributed by atoms with van der Waals surface area (Å²) in [5.74, 6) is -1.69. The summed E-state index contributed by atoms with van der Waals surface area (Å²) in [6.07, 6.45) is 1.00. The Morgan fingerprint density at radius 3 is 2.48 bits per heavy atom. The van der Waals surface area contributed by atoms with Crippen LogP contribution in [-0.2, 0) is 14.4 Å². The Balaban J connectivity index is 1.37. The maximum absolute atomic E-state index is 13.3. The molecule has 2 aromatic rings. The zero-order valence-corrected chi connectivity index (χ0v) is 19.1. The fraction of sp³-hybridized carbons (Fsp3) is 0.478. The molecule has 172 valence electrons. The van der Waals surface area contributed by atoms with E-state index in [9.17, 15) is 24.3 Å². The van der Waals surface area contributed by atoms with Crippen LogP contribution in [0.2, 0.25) is 0 Å². The molecule has 2 bridgehead atoms. The molecule has 1 aromatic carbocycles. The first-order valence-corrected chi connectivity index (χ1v) is 12.8. The fourth-order valence-corrected chi connectivity index (χ4v) is 9.63. The highest BCUT2D eigenvalue weighted by Crippen LogP contribution is 2.68. The summed E-state index contributed by atoms with van der Waals surface area (Å²) >= 11 is 2.84. The highest BCUT2D eigenvalue weighted by atomic mass is 32.2. The molecule has 0 spiro atoms. The molecule has 2 saturated carbocycles. The summed E-state index contributed by atoms with van der Waals surface area (Å²) in [5.41, 5.74) is 0.999. The van der Waals surface area contributed by atoms with Crippen molar-refractivity contribution < 1.29 is 24.6 Å². The monoisotopic (exact) mass is 486 g/mol. The molecule has 4 aliphatic rings. The third-order valence-corrected chi connectivity index (χ3v) is 10.4. The Bertz CT molecular complexity index is 1220. The lowest BCUT2D eigenvalue weighted by Crippen LogP contribution is -2.42. The number of hydrogen-bond donors (Lipinski definition) is 3. The highest BCUT2D eigenvalue weighted by molar-refractivity contribution is 8.00. The van der Waals surface area contributed by atoms with Gasteiger partial charge in [-0.1, -0.05) is 23.5 Å². The lowest BCUT2D eigenvalue weighted by molar-refractivity contribution is -0.142. The van der Waals surface area contributed by atoms with Crippen LogP contribution in [0.3, 0.4) is 0 Å². The SMILES string of the molecule is O=C(O)CCCN1C(=O)[C@@H]2[C@H]3C[C@@H]([C@H]4Sc5[nH]c(=O)sc5[C@H](c5ccc(O)cc5)[C@@H]34)[C@H]2C1=O. The minimum Gasteiger partial charge on any atom is -0.508 e. The van der Waals surface area contributed by atoms with Gasteiger partial charge in [0.15, 0.2) is 0 Å². The number of rotatable bonds is 5. The molecule has 33 heavy (non-hydrogen) atoms. The van der Waals surface area contributed by atoms with E-state index in [0.717, 1.165) is 21.9 Å². The van der Waals surface area contributed by atoms with Gasteiger partial charge in [0.2, 0.25) is 11.8 Å². The lowest BCUT2D eigenvalue weighted by Gasteiger charge is -2.43. The van der Waals surface area contributed by atoms with Crippen LogP contribution < -0.4 is 4.87 Å². The number of carboxylic acids is 1. The van der Waals surface area contributed by atoms with Gasteiger partial charge in [-0.15, -0.1) is 11.8 Å². The van der Waals surface area contributed by atoms with Gasteiger partial charge in [0.1, 0.15) is 5.75 Å². The fourth-order valence-electron chi connectivity index (χ4n) is 6.74. The number of thioether (sulfide) groups is 1. The van der Waals surface area contributed by atoms with Crippen molar-refractivity contribution in [2.45, 2.75) is 35.5 Å². The number of likely N-dealkylation sites (tertiary alicyclic amines) is 1. The normalized spacial score (nSPS) is 33.8. The summed E-state index contributed by atoms with van der Waals surface area (Å²) in [7, 11) is 0. The van der Waals surface area contributed by atoms with Crippen molar-refractivity contribution in [3.05, 3.63) is 44.4 Å². The number of hydrogen-bond acceptors (Lipinski definition) is 7. The number of aromatic amines is 1. The quantitative estimate of drug-likeness (QED) is 0.554. The van der Waals surface area contributed by atoms with Crippen LogP contribution >= 0.6 is 23.1 Å². The summed E-state index contributed by atoms with van der Waals surface area (Å²) < 4.78 is 0. The number of aliphatic carboxylic acids is 1. The van der Waals surface area contributed by atoms with E-state index in [2.05, 4.69) is 4.98 Å². The number of phenolic OH excluding ortho intramolecular Hbond substituents is 1. The van der Waals surface area contributed by atoms with E-state index in [4.69, 9.17) is 5.11 Å². The number of nitrogens with zero attached hydrogens (tertiary/aromatic N) is 1. The number of carbonyl (C=O) groups excluding carboxylic acids is 2. The van der Waals surface area contributed by atoms with Gasteiger partial charge < -0.3 is 15.2 Å². The van der Waals surface area contributed by atoms with Crippen molar-refractivity contribution in [3.63, 3.8) is 0 Å². The van der Waals surface area contributed by atoms with Crippen LogP contribution in [0, 0.1) is 29.6 Å². The number of phenols is 1. The lowest BCUT2D eigenvalue weighted by atomic mass is 9.68. The molecule has 0 radical (unpaired) electrons. The molecule has 3 heterocycles. The smallest absolute Gasteiger partial charge is 0.305 e. The van der Waals surface area contributed by atoms with Crippen LogP contribution in [0.25, 0.3) is 0 Å². The van der Waals surface area contributed by atoms with Crippen LogP contribution in [0.1, 0.15) is 35.6 Å². The van der Waals surface area contributed by atoms with Gasteiger partial charge in [0.05, 0.1) is 16.9 Å². The average Bonchev–Trinajstić information content (AvgIpc) is 3.49. The van der Waals surface area contributed by atoms with Gasteiger partial charge in [-0.25, -0.2) is 0 Å². The Hall–Kier alpha value is -2.59. The van der Waals surface area contributed by atoms with Crippen LogP contribution in [-0.4, -0.2) is 49.7 Å². The summed E-state index contributed by atoms with van der Waals surface area (Å²) in [4.78, 5) is 54.8. The van der Waals surface area contributed by atoms with E-state index in [1.165, 1.54) is 16.2 Å². The molecular weight excluding hydrogens is 464 g/mol. The molecule has 2 aliphatic carbocycles. The second-order valence-corrected chi connectivity index (χ2v) is 11.6. The van der Waals surface area contributed by atoms with Gasteiger partial charge in [0, 0.05) is 29.0 Å². The molecule has 6 rings (SSSR count). The largest absolute Gasteiger partial charge is 0.508 e. The second kappa shape index (κ2) is 7.46. The van der Waals surface area contributed by atoms with E-state index in [0.29, 0.717) is 0 Å². The maximum Gasteiger partial charge on any atom is 0.305 e. The Kier molecular flexibility index (Phi) is 4.74. The number of H-pyrrole nitrogens is 1. The number of imide groups is 1. The summed E-state index contributed by atoms with van der Waals surface area (Å²) in [5, 5.41) is 19.7. The predicted octanol–water partition coefficient (Wildman–Crippen LogP) is 2.48. The number of thiazole rings is 1. The number of amides is 2. The Morgan fingerprint density at radius 1 is 1.09 bits per heavy atom. The molecule has 1 saturated heterocycles. The van der Waals surface area contributed by atoms with Gasteiger partial charge >= 0.3 is 10.8 Å². The van der Waals surface area contributed by atoms with E-state index >= 15 is 0 Å². The molecule has 10 heteroatoms. The zero-order valence-electron chi connectivity index (χ0n) is 17.5. The van der Waals surface area contributed by atoms with Crippen LogP contribution in [0.4, 0.5) is 0 Å². The zero-order chi connectivity index (χ0) is 23.0. The van der Waals surface area contributed by atoms with Gasteiger partial charge in [0.25, 0.3) is 0 Å². The Labute approximate surface area is 197 Å². The summed E-state index contributed by atoms with van der Waals surface area (Å²) in [6.45, 7) is 0.154. The first-order valence-electron chi connectivity index (χ1n) is 11.1. The average molecular weight is 487 g/mol. The van der Waals surface area contributed by atoms with E-state index in [1.54, 1.807) is 23.9 Å². The van der Waals surface area contributed by atoms with Crippen molar-refractivity contribution in [1.29, 1.82) is 0 Å². The topological polar surface area (TPSA) is 128 Å². The molecule has 3 fully saturated rings. The molecular formula is C23H22N2O6S2. The number of benzene rings is 1. The molecule has 8 nitrogen and oxygen atoms in total. The van der Waals surface area contributed by atoms with Crippen LogP contribution in [0.5, 0.6) is 5.75 Å². The second-order valence-electron chi connectivity index (χ2n) is 9.38. The number of carboxylic acid groups (broad SMARTS) is 1. The van der Waals surface area contributed by atoms with E-state index in [-0.39, 0.29) is 82.6 Å². The number of nitrogens with one attached hydrogen (secondary N) is 1. The molecule has 2 aliphatic heterocycles. The summed E-state index contributed by atoms with van der Waals surface area (Å²) in [6, 6.07) is 7.05. The van der Waals surface area contributed by atoms with Crippen molar-refractivity contribution in [2.75, 3.05) is 6.54 Å². The molecule has 1 aromatic heterocycles. The number of fused-ring (bicyclic) bond motifs is 9. The van der Waals surface area contributed by atoms with Gasteiger partial charge in [-0.05, 0) is 48.3 Å². The number of carbonyl (C=O) groups is 3. The predicted molar refractivity (Wildman–Crippen MR) is 120 cm³/mol. The number of aromatic nitrogens is 1. The third kappa shape index (κ3) is 3.03. The van der Waals surface area contributed by atoms with Gasteiger partial charge in [-0.2, -0.15) is 0 Å². The number of aromatic hydroxyl groups is 1. The molecule has 2 amide bonds. The minimum atomic E-state index is -0.936. The van der Waals surface area contributed by atoms with Crippen molar-refractivity contribution in [1.82, 2.24) is 9.88 Å². The van der Waals surface area contributed by atoms with Crippen molar-refractivity contribution in [2.24, 2.45) is 29.6 Å². The van der Waals surface area contributed by atoms with Crippen LogP contribution in [0.15, 0.2) is 34.1 Å². The first-order chi connectivity index (χ1) is 15.8. The maximum atomic E-state index is 13.3. The van der Waals surface area contributed by atoms with Gasteiger partial charge in [-0.3, -0.25) is 24.1 Å². The standard InChI is InChI=1S/C23H22N2O6S2/c26-10-5-3-9(4-6-10)14-15-11-8-12(18(15)32-20-19(14)33-23(31)24-20)17-16(11)21(29)25(22(17)30)7-1-2-13(27)28/h3-6,11-12,14-18,26H,1-2,7-8H2,(H,24,31)(H,27,28)/t11-,12+,14+,15+,16+,17+,18+/m0/s1. The molecule has 3 N–H and O–H groups in total. The highest BCUT2D eigenvalue weighted by Gasteiger charge is 2.69. The molecule has 0 unspecified atom stereocenters. The van der Waals surface area contributed by atoms with E-state index < -0.39 is 5.97 Å². The van der Waals surface area contributed by atoms with Crippen molar-refractivity contribution >= 4 is 40.9 Å². The minimum absolute atomic E-state index is 0.0302. The van der Waals surface area contributed by atoms with Crippen molar-refractivity contribution in [3.8, 4) is 5.75 Å².